The van der Waals surface area contributed by atoms with Gasteiger partial charge in [-0.15, -0.1) is 0 Å². The maximum atomic E-state index is 11.7. The average Bonchev–Trinajstić information content (AvgIpc) is 2.76. The number of anilines is 1. The fraction of sp³-hybridized carbons (Fsp3) is 0.500. The van der Waals surface area contributed by atoms with E-state index in [1.807, 2.05) is 14.0 Å². The standard InChI is InChI=1S/C10H16N6O/c1-5-7-9(15(4)14-5)16(10(11)13-7)6(2)8(17)12-3/h6H,1-4H3,(H2,11,13)(H,12,17). The fourth-order valence-corrected chi connectivity index (χ4v) is 2.02. The van der Waals surface area contributed by atoms with Gasteiger partial charge in [0.05, 0.1) is 5.69 Å². The highest BCUT2D eigenvalue weighted by atomic mass is 16.2. The molecule has 0 saturated heterocycles. The van der Waals surface area contributed by atoms with Crippen LogP contribution in [0.15, 0.2) is 0 Å². The van der Waals surface area contributed by atoms with Gasteiger partial charge in [0.2, 0.25) is 11.9 Å². The van der Waals surface area contributed by atoms with Gasteiger partial charge in [-0.3, -0.25) is 14.0 Å². The Hall–Kier alpha value is -2.05. The minimum atomic E-state index is -0.417. The van der Waals surface area contributed by atoms with Crippen LogP contribution in [-0.2, 0) is 11.8 Å². The average molecular weight is 236 g/mol. The maximum absolute atomic E-state index is 11.7. The van der Waals surface area contributed by atoms with Crippen LogP contribution in [0.25, 0.3) is 11.2 Å². The Kier molecular flexibility index (Phi) is 2.53. The first kappa shape index (κ1) is 11.4. The van der Waals surface area contributed by atoms with Crippen LogP contribution < -0.4 is 11.1 Å². The highest BCUT2D eigenvalue weighted by molar-refractivity contribution is 5.84. The first-order valence-corrected chi connectivity index (χ1v) is 5.36. The molecule has 1 unspecified atom stereocenters. The van der Waals surface area contributed by atoms with E-state index in [1.54, 1.807) is 23.2 Å². The van der Waals surface area contributed by atoms with E-state index in [0.717, 1.165) is 16.9 Å². The number of imidazole rings is 1. The van der Waals surface area contributed by atoms with Crippen molar-refractivity contribution in [1.29, 1.82) is 0 Å². The molecule has 1 atom stereocenters. The van der Waals surface area contributed by atoms with Crippen molar-refractivity contribution in [2.45, 2.75) is 19.9 Å². The van der Waals surface area contributed by atoms with Crippen molar-refractivity contribution in [2.75, 3.05) is 12.8 Å². The molecule has 1 amide bonds. The summed E-state index contributed by atoms with van der Waals surface area (Å²) in [6.07, 6.45) is 0. The lowest BCUT2D eigenvalue weighted by molar-refractivity contribution is -0.123. The van der Waals surface area contributed by atoms with E-state index in [2.05, 4.69) is 15.4 Å². The Balaban J connectivity index is 2.68. The molecule has 0 aliphatic rings. The summed E-state index contributed by atoms with van der Waals surface area (Å²) in [6, 6.07) is -0.417. The van der Waals surface area contributed by atoms with Gasteiger partial charge in [-0.1, -0.05) is 0 Å². The summed E-state index contributed by atoms with van der Waals surface area (Å²) < 4.78 is 3.38. The molecule has 2 aromatic heterocycles. The van der Waals surface area contributed by atoms with E-state index in [1.165, 1.54) is 0 Å². The minimum absolute atomic E-state index is 0.116. The Morgan fingerprint density at radius 2 is 2.18 bits per heavy atom. The van der Waals surface area contributed by atoms with Gasteiger partial charge < -0.3 is 11.1 Å². The number of amides is 1. The lowest BCUT2D eigenvalue weighted by Gasteiger charge is -2.14. The Morgan fingerprint density at radius 3 is 2.76 bits per heavy atom. The van der Waals surface area contributed by atoms with Gasteiger partial charge in [-0.2, -0.15) is 5.10 Å². The number of hydrogen-bond donors (Lipinski definition) is 2. The van der Waals surface area contributed by atoms with Gasteiger partial charge in [0, 0.05) is 14.1 Å². The molecule has 0 aliphatic carbocycles. The number of fused-ring (bicyclic) bond motifs is 1. The third-order valence-corrected chi connectivity index (χ3v) is 2.88. The summed E-state index contributed by atoms with van der Waals surface area (Å²) in [5.74, 6) is 0.210. The number of nitrogen functional groups attached to an aromatic ring is 1. The highest BCUT2D eigenvalue weighted by Crippen LogP contribution is 2.24. The number of aryl methyl sites for hydroxylation is 2. The molecule has 2 aromatic rings. The van der Waals surface area contributed by atoms with Crippen molar-refractivity contribution in [3.8, 4) is 0 Å². The summed E-state index contributed by atoms with van der Waals surface area (Å²) in [6.45, 7) is 3.64. The smallest absolute Gasteiger partial charge is 0.242 e. The van der Waals surface area contributed by atoms with Gasteiger partial charge in [0.25, 0.3) is 0 Å². The molecule has 17 heavy (non-hydrogen) atoms. The zero-order chi connectivity index (χ0) is 12.7. The largest absolute Gasteiger partial charge is 0.369 e. The van der Waals surface area contributed by atoms with Crippen molar-refractivity contribution in [3.05, 3.63) is 5.69 Å². The van der Waals surface area contributed by atoms with Gasteiger partial charge in [-0.25, -0.2) is 4.98 Å². The highest BCUT2D eigenvalue weighted by Gasteiger charge is 2.23. The normalized spacial score (nSPS) is 12.9. The molecule has 0 spiro atoms. The SMILES string of the molecule is CNC(=O)C(C)n1c(N)nc2c(C)nn(C)c21. The fourth-order valence-electron chi connectivity index (χ4n) is 2.02. The molecule has 0 aliphatic heterocycles. The van der Waals surface area contributed by atoms with Crippen LogP contribution >= 0.6 is 0 Å². The number of rotatable bonds is 2. The first-order chi connectivity index (χ1) is 7.97. The summed E-state index contributed by atoms with van der Waals surface area (Å²) in [7, 11) is 3.40. The van der Waals surface area contributed by atoms with Crippen LogP contribution in [0.4, 0.5) is 5.95 Å². The third kappa shape index (κ3) is 1.54. The first-order valence-electron chi connectivity index (χ1n) is 5.36. The number of nitrogens with two attached hydrogens (primary N) is 1. The van der Waals surface area contributed by atoms with Crippen LogP contribution in [0, 0.1) is 6.92 Å². The second kappa shape index (κ2) is 3.76. The minimum Gasteiger partial charge on any atom is -0.369 e. The Bertz CT molecular complexity index is 581. The molecule has 3 N–H and O–H groups in total. The zero-order valence-electron chi connectivity index (χ0n) is 10.4. The molecule has 2 rings (SSSR count). The van der Waals surface area contributed by atoms with Crippen molar-refractivity contribution >= 4 is 23.0 Å². The van der Waals surface area contributed by atoms with E-state index in [0.29, 0.717) is 5.95 Å². The summed E-state index contributed by atoms with van der Waals surface area (Å²) in [5, 5.41) is 6.86. The summed E-state index contributed by atoms with van der Waals surface area (Å²) in [4.78, 5) is 15.9. The van der Waals surface area contributed by atoms with Gasteiger partial charge >= 0.3 is 0 Å². The molecular weight excluding hydrogens is 220 g/mol. The van der Waals surface area contributed by atoms with Crippen LogP contribution in [0.5, 0.6) is 0 Å². The van der Waals surface area contributed by atoms with E-state index in [-0.39, 0.29) is 5.91 Å². The number of nitrogens with one attached hydrogen (secondary N) is 1. The lowest BCUT2D eigenvalue weighted by Crippen LogP contribution is -2.28. The van der Waals surface area contributed by atoms with Crippen LogP contribution in [0.3, 0.4) is 0 Å². The van der Waals surface area contributed by atoms with E-state index in [4.69, 9.17) is 5.73 Å². The van der Waals surface area contributed by atoms with E-state index >= 15 is 0 Å². The van der Waals surface area contributed by atoms with Crippen LogP contribution in [0.1, 0.15) is 18.7 Å². The Morgan fingerprint density at radius 1 is 1.53 bits per heavy atom. The third-order valence-electron chi connectivity index (χ3n) is 2.88. The van der Waals surface area contributed by atoms with E-state index < -0.39 is 6.04 Å². The van der Waals surface area contributed by atoms with Gasteiger partial charge in [0.1, 0.15) is 11.6 Å². The number of carbonyl (C=O) groups is 1. The van der Waals surface area contributed by atoms with Crippen molar-refractivity contribution in [2.24, 2.45) is 7.05 Å². The number of aromatic nitrogens is 4. The number of hydrogen-bond acceptors (Lipinski definition) is 4. The molecule has 7 heteroatoms. The second-order valence-electron chi connectivity index (χ2n) is 4.01. The molecule has 7 nitrogen and oxygen atoms in total. The number of likely N-dealkylation sites (N-methyl/N-ethyl adjacent to an activating group) is 1. The van der Waals surface area contributed by atoms with Crippen LogP contribution in [0.2, 0.25) is 0 Å². The zero-order valence-corrected chi connectivity index (χ0v) is 10.4. The monoisotopic (exact) mass is 236 g/mol. The Labute approximate surface area is 98.6 Å². The second-order valence-corrected chi connectivity index (χ2v) is 4.01. The molecule has 0 saturated carbocycles. The molecule has 0 radical (unpaired) electrons. The molecular formula is C10H16N6O. The predicted octanol–water partition coefficient (Wildman–Crippen LogP) is -0.0326. The molecule has 0 fully saturated rings. The lowest BCUT2D eigenvalue weighted by atomic mass is 10.3. The summed E-state index contributed by atoms with van der Waals surface area (Å²) >= 11 is 0. The van der Waals surface area contributed by atoms with Gasteiger partial charge in [-0.05, 0) is 13.8 Å². The molecule has 2 heterocycles. The molecule has 0 bridgehead atoms. The van der Waals surface area contributed by atoms with Crippen molar-refractivity contribution in [1.82, 2.24) is 24.6 Å². The van der Waals surface area contributed by atoms with Gasteiger partial charge in [0.15, 0.2) is 5.65 Å². The topological polar surface area (TPSA) is 90.8 Å². The molecule has 0 aromatic carbocycles. The predicted molar refractivity (Wildman–Crippen MR) is 64.4 cm³/mol. The number of carbonyl (C=O) groups excluding carboxylic acids is 1. The van der Waals surface area contributed by atoms with Crippen molar-refractivity contribution in [3.63, 3.8) is 0 Å². The summed E-state index contributed by atoms with van der Waals surface area (Å²) in [5.41, 5.74) is 8.16. The van der Waals surface area contributed by atoms with Crippen LogP contribution in [-0.4, -0.2) is 32.3 Å². The maximum Gasteiger partial charge on any atom is 0.242 e. The quantitative estimate of drug-likeness (QED) is 0.766. The van der Waals surface area contributed by atoms with E-state index in [9.17, 15) is 4.79 Å². The van der Waals surface area contributed by atoms with Crippen molar-refractivity contribution < 1.29 is 4.79 Å². The number of nitrogens with zero attached hydrogens (tertiary/aromatic N) is 4. The molecule has 92 valence electrons.